The van der Waals surface area contributed by atoms with Crippen LogP contribution in [-0.2, 0) is 17.7 Å². The molecule has 2 unspecified atom stereocenters. The SMILES string of the molecule is Cc1nc(CCCCCCC(=O)c2ccccc2)n2nc(NCCCCCCCCCCCCNCc3cn(C4C=CC(CO)O4)c(=O)[nH]c3=O)ccc12. The average molecular weight is 742 g/mol. The van der Waals surface area contributed by atoms with Crippen LogP contribution in [0, 0.1) is 6.92 Å². The molecule has 1 aromatic carbocycles. The van der Waals surface area contributed by atoms with Crippen molar-refractivity contribution >= 4 is 17.1 Å². The Morgan fingerprint density at radius 1 is 0.852 bits per heavy atom. The van der Waals surface area contributed by atoms with Crippen LogP contribution in [0.25, 0.3) is 5.52 Å². The van der Waals surface area contributed by atoms with Crippen molar-refractivity contribution in [3.8, 4) is 0 Å². The second-order valence-corrected chi connectivity index (χ2v) is 14.4. The lowest BCUT2D eigenvalue weighted by Gasteiger charge is -2.15. The summed E-state index contributed by atoms with van der Waals surface area (Å²) in [6, 6.07) is 13.7. The second-order valence-electron chi connectivity index (χ2n) is 14.4. The number of H-pyrrole nitrogens is 1. The predicted octanol–water partition coefficient (Wildman–Crippen LogP) is 6.81. The first-order valence-corrected chi connectivity index (χ1v) is 20.1. The number of carbonyl (C=O) groups is 1. The van der Waals surface area contributed by atoms with Gasteiger partial charge in [0, 0.05) is 43.3 Å². The third kappa shape index (κ3) is 12.6. The van der Waals surface area contributed by atoms with Gasteiger partial charge in [-0.05, 0) is 57.4 Å². The van der Waals surface area contributed by atoms with Crippen LogP contribution in [0.5, 0.6) is 0 Å². The first-order chi connectivity index (χ1) is 26.4. The van der Waals surface area contributed by atoms with Crippen molar-refractivity contribution in [2.24, 2.45) is 0 Å². The highest BCUT2D eigenvalue weighted by Crippen LogP contribution is 2.20. The Morgan fingerprint density at radius 2 is 1.54 bits per heavy atom. The molecule has 5 rings (SSSR count). The fraction of sp³-hybridized carbons (Fsp3) is 0.548. The predicted molar refractivity (Wildman–Crippen MR) is 213 cm³/mol. The van der Waals surface area contributed by atoms with Crippen molar-refractivity contribution in [2.75, 3.05) is 25.0 Å². The highest BCUT2D eigenvalue weighted by molar-refractivity contribution is 5.95. The van der Waals surface area contributed by atoms with E-state index in [1.54, 1.807) is 18.3 Å². The number of fused-ring (bicyclic) bond motifs is 1. The van der Waals surface area contributed by atoms with Gasteiger partial charge in [-0.3, -0.25) is 19.1 Å². The summed E-state index contributed by atoms with van der Waals surface area (Å²) in [5, 5.41) is 21.0. The number of Topliss-reactive ketones (excluding diaryl/α,β-unsaturated/α-hetero) is 1. The Labute approximate surface area is 318 Å². The van der Waals surface area contributed by atoms with E-state index >= 15 is 0 Å². The van der Waals surface area contributed by atoms with Gasteiger partial charge >= 0.3 is 5.69 Å². The van der Waals surface area contributed by atoms with E-state index in [1.165, 1.54) is 49.5 Å². The molecule has 0 spiro atoms. The number of hydrogen-bond donors (Lipinski definition) is 4. The molecule has 1 aliphatic heterocycles. The Hall–Kier alpha value is -4.39. The number of aryl methyl sites for hydroxylation is 2. The number of nitrogens with zero attached hydrogens (tertiary/aromatic N) is 4. The van der Waals surface area contributed by atoms with Crippen LogP contribution < -0.4 is 21.9 Å². The van der Waals surface area contributed by atoms with Crippen molar-refractivity contribution in [3.63, 3.8) is 0 Å². The molecule has 12 nitrogen and oxygen atoms in total. The van der Waals surface area contributed by atoms with E-state index in [-0.39, 0.29) is 17.9 Å². The Morgan fingerprint density at radius 3 is 2.26 bits per heavy atom. The summed E-state index contributed by atoms with van der Waals surface area (Å²) in [6.07, 6.45) is 21.5. The van der Waals surface area contributed by atoms with Crippen molar-refractivity contribution in [1.29, 1.82) is 0 Å². The van der Waals surface area contributed by atoms with Crippen molar-refractivity contribution in [1.82, 2.24) is 29.5 Å². The number of benzene rings is 1. The molecule has 0 saturated heterocycles. The number of aliphatic hydroxyl groups is 1. The van der Waals surface area contributed by atoms with E-state index in [4.69, 9.17) is 14.8 Å². The van der Waals surface area contributed by atoms with Crippen LogP contribution in [0.4, 0.5) is 5.82 Å². The third-order valence-corrected chi connectivity index (χ3v) is 10.1. The maximum atomic E-state index is 12.3. The second kappa shape index (κ2) is 22.1. The minimum absolute atomic E-state index is 0.157. The quantitative estimate of drug-likeness (QED) is 0.0309. The van der Waals surface area contributed by atoms with Crippen LogP contribution >= 0.6 is 0 Å². The zero-order valence-electron chi connectivity index (χ0n) is 31.9. The van der Waals surface area contributed by atoms with Gasteiger partial charge in [-0.15, -0.1) is 5.10 Å². The van der Waals surface area contributed by atoms with E-state index in [9.17, 15) is 19.5 Å². The van der Waals surface area contributed by atoms with E-state index in [2.05, 4.69) is 27.8 Å². The summed E-state index contributed by atoms with van der Waals surface area (Å²) in [5.74, 6) is 2.12. The third-order valence-electron chi connectivity index (χ3n) is 10.1. The summed E-state index contributed by atoms with van der Waals surface area (Å²) in [6.45, 7) is 3.99. The van der Waals surface area contributed by atoms with Gasteiger partial charge < -0.3 is 20.5 Å². The molecule has 4 heterocycles. The normalized spacial score (nSPS) is 15.4. The van der Waals surface area contributed by atoms with Gasteiger partial charge in [-0.25, -0.2) is 14.3 Å². The van der Waals surface area contributed by atoms with Gasteiger partial charge in [0.15, 0.2) is 12.0 Å². The zero-order valence-corrected chi connectivity index (χ0v) is 31.9. The fourth-order valence-corrected chi connectivity index (χ4v) is 6.96. The topological polar surface area (TPSA) is 156 Å². The lowest BCUT2D eigenvalue weighted by atomic mass is 10.0. The van der Waals surface area contributed by atoms with E-state index in [0.29, 0.717) is 18.5 Å². The highest BCUT2D eigenvalue weighted by atomic mass is 16.5. The largest absolute Gasteiger partial charge is 0.393 e. The van der Waals surface area contributed by atoms with Crippen molar-refractivity contribution in [3.05, 3.63) is 104 Å². The van der Waals surface area contributed by atoms with Gasteiger partial charge in [-0.2, -0.15) is 0 Å². The van der Waals surface area contributed by atoms with Crippen molar-refractivity contribution < 1.29 is 14.6 Å². The number of carbonyl (C=O) groups excluding carboxylic acids is 1. The summed E-state index contributed by atoms with van der Waals surface area (Å²) >= 11 is 0. The molecule has 0 bridgehead atoms. The maximum Gasteiger partial charge on any atom is 0.330 e. The Kier molecular flexibility index (Phi) is 16.7. The number of anilines is 1. The number of ketones is 1. The van der Waals surface area contributed by atoms with Gasteiger partial charge in [0.05, 0.1) is 17.8 Å². The number of unbranched alkanes of at least 4 members (excludes halogenated alkanes) is 12. The molecule has 12 heteroatoms. The maximum absolute atomic E-state index is 12.3. The van der Waals surface area contributed by atoms with Crippen LogP contribution in [0.1, 0.15) is 130 Å². The van der Waals surface area contributed by atoms with Crippen LogP contribution in [0.2, 0.25) is 0 Å². The van der Waals surface area contributed by atoms with Gasteiger partial charge in [-0.1, -0.05) is 101 Å². The fourth-order valence-electron chi connectivity index (χ4n) is 6.96. The summed E-state index contributed by atoms with van der Waals surface area (Å²) in [4.78, 5) is 44.0. The molecule has 0 radical (unpaired) electrons. The number of imidazole rings is 1. The Bertz CT molecular complexity index is 1880. The van der Waals surface area contributed by atoms with Gasteiger partial charge in [0.25, 0.3) is 5.56 Å². The monoisotopic (exact) mass is 741 g/mol. The number of ether oxygens (including phenoxy) is 1. The first-order valence-electron chi connectivity index (χ1n) is 20.1. The molecule has 0 amide bonds. The van der Waals surface area contributed by atoms with E-state index in [0.717, 1.165) is 92.9 Å². The number of nitrogens with one attached hydrogen (secondary N) is 3. The summed E-state index contributed by atoms with van der Waals surface area (Å²) in [7, 11) is 0. The molecule has 292 valence electrons. The molecular weight excluding hydrogens is 683 g/mol. The first kappa shape index (κ1) is 40.8. The molecule has 3 aromatic heterocycles. The number of rotatable bonds is 26. The smallest absolute Gasteiger partial charge is 0.330 e. The van der Waals surface area contributed by atoms with E-state index < -0.39 is 18.0 Å². The molecule has 0 aliphatic carbocycles. The zero-order chi connectivity index (χ0) is 38.0. The number of hydrogen-bond acceptors (Lipinski definition) is 9. The molecule has 2 atom stereocenters. The molecule has 54 heavy (non-hydrogen) atoms. The minimum atomic E-state index is -0.627. The van der Waals surface area contributed by atoms with Crippen LogP contribution in [0.3, 0.4) is 0 Å². The Balaban J connectivity index is 0.858. The lowest BCUT2D eigenvalue weighted by Crippen LogP contribution is -2.35. The molecule has 0 fully saturated rings. The van der Waals surface area contributed by atoms with Gasteiger partial charge in [0.2, 0.25) is 0 Å². The molecule has 1 aliphatic rings. The molecular formula is C42H59N7O5. The summed E-state index contributed by atoms with van der Waals surface area (Å²) < 4.78 is 8.95. The highest BCUT2D eigenvalue weighted by Gasteiger charge is 2.21. The van der Waals surface area contributed by atoms with Crippen molar-refractivity contribution in [2.45, 2.75) is 129 Å². The van der Waals surface area contributed by atoms with Gasteiger partial charge in [0.1, 0.15) is 17.7 Å². The number of aromatic nitrogens is 5. The summed E-state index contributed by atoms with van der Waals surface area (Å²) in [5.41, 5.74) is 2.44. The molecule has 0 saturated carbocycles. The number of aromatic amines is 1. The minimum Gasteiger partial charge on any atom is -0.393 e. The average Bonchev–Trinajstić information content (AvgIpc) is 3.79. The molecule has 4 N–H and O–H groups in total. The van der Waals surface area contributed by atoms with Crippen LogP contribution in [-0.4, -0.2) is 60.8 Å². The lowest BCUT2D eigenvalue weighted by molar-refractivity contribution is -0.0104. The number of aliphatic hydroxyl groups excluding tert-OH is 1. The van der Waals surface area contributed by atoms with Crippen LogP contribution in [0.15, 0.2) is 70.4 Å². The van der Waals surface area contributed by atoms with E-state index in [1.807, 2.05) is 41.8 Å². The standard InChI is InChI=1S/C42H59N7O5/c1-32-36-24-25-38(47-49(36)39(45-32)22-16-9-8-15-21-37(51)33-19-13-12-14-20-33)44-28-18-11-7-5-3-2-4-6-10-17-27-43-29-34-30-48(42(53)46-41(34)52)40-26-23-35(31-50)54-40/h12-14,19-20,23-26,30,35,40,43,50H,2-11,15-18,21-22,27-29,31H2,1H3,(H,44,47)(H,46,52,53). The molecule has 4 aromatic rings.